The topological polar surface area (TPSA) is 97.1 Å². The number of carbonyl (C=O) groups is 1. The number of hydrogen-bond acceptors (Lipinski definition) is 6. The molecule has 5 fully saturated rings. The second-order valence-electron chi connectivity index (χ2n) is 13.2. The summed E-state index contributed by atoms with van der Waals surface area (Å²) in [5, 5.41) is 14.2. The minimum absolute atomic E-state index is 0.0609. The molecule has 1 aromatic rings. The molecular formula is C30H43N3O4. The molecule has 1 saturated heterocycles. The van der Waals surface area contributed by atoms with Gasteiger partial charge in [0, 0.05) is 48.6 Å². The fraction of sp³-hybridized carbons (Fsp3) is 0.767. The van der Waals surface area contributed by atoms with Crippen LogP contribution in [0.3, 0.4) is 0 Å². The van der Waals surface area contributed by atoms with E-state index in [0.717, 1.165) is 51.0 Å². The number of nitrogens with two attached hydrogens (primary N) is 1. The predicted molar refractivity (Wildman–Crippen MR) is 141 cm³/mol. The minimum Gasteiger partial charge on any atom is -0.504 e. The summed E-state index contributed by atoms with van der Waals surface area (Å²) in [4.78, 5) is 15.8. The number of carbonyl (C=O) groups excluding carboxylic acids is 1. The number of ether oxygens (including phenoxy) is 2. The number of benzene rings is 1. The third kappa shape index (κ3) is 2.97. The summed E-state index contributed by atoms with van der Waals surface area (Å²) in [5.74, 6) is 2.02. The number of likely N-dealkylation sites (tertiary alicyclic amines) is 1. The van der Waals surface area contributed by atoms with Gasteiger partial charge in [-0.05, 0) is 75.0 Å². The van der Waals surface area contributed by atoms with Gasteiger partial charge in [0.05, 0.1) is 6.04 Å². The zero-order valence-electron chi connectivity index (χ0n) is 22.6. The molecule has 4 N–H and O–H groups in total. The number of nitrogens with zero attached hydrogens (tertiary/aromatic N) is 1. The SMILES string of the molecule is CC[C@H](C)[C@H](N)C(=O)NC[C@H]1C[C@@]23CC[C@]1(OC)[C@@H]1Oc4c(O)ccc5c4[C@@]12CCN(CC1CC1)[C@@H]3C5. The second kappa shape index (κ2) is 8.09. The van der Waals surface area contributed by atoms with Gasteiger partial charge in [0.15, 0.2) is 11.5 Å². The molecule has 8 rings (SSSR count). The average Bonchev–Trinajstić information content (AvgIpc) is 3.65. The summed E-state index contributed by atoms with van der Waals surface area (Å²) >= 11 is 0. The van der Waals surface area contributed by atoms with Crippen LogP contribution in [0.15, 0.2) is 12.1 Å². The quantitative estimate of drug-likeness (QED) is 0.498. The van der Waals surface area contributed by atoms with Crippen LogP contribution in [-0.2, 0) is 21.4 Å². The van der Waals surface area contributed by atoms with Gasteiger partial charge < -0.3 is 25.6 Å². The second-order valence-corrected chi connectivity index (χ2v) is 13.2. The van der Waals surface area contributed by atoms with Crippen molar-refractivity contribution in [1.82, 2.24) is 10.2 Å². The molecule has 2 heterocycles. The van der Waals surface area contributed by atoms with Crippen LogP contribution in [0.2, 0.25) is 0 Å². The summed E-state index contributed by atoms with van der Waals surface area (Å²) in [6.45, 7) is 6.96. The van der Waals surface area contributed by atoms with Crippen molar-refractivity contribution in [2.24, 2.45) is 28.9 Å². The van der Waals surface area contributed by atoms with Gasteiger partial charge in [-0.25, -0.2) is 0 Å². The van der Waals surface area contributed by atoms with Gasteiger partial charge in [0.25, 0.3) is 0 Å². The number of nitrogens with one attached hydrogen (secondary N) is 1. The Balaban J connectivity index is 1.30. The first-order chi connectivity index (χ1) is 17.8. The van der Waals surface area contributed by atoms with E-state index in [2.05, 4.69) is 23.2 Å². The number of amides is 1. The molecule has 5 aliphatic carbocycles. The van der Waals surface area contributed by atoms with Gasteiger partial charge in [-0.2, -0.15) is 0 Å². The summed E-state index contributed by atoms with van der Waals surface area (Å²) < 4.78 is 13.4. The van der Waals surface area contributed by atoms with Crippen LogP contribution in [0.25, 0.3) is 0 Å². The third-order valence-electron chi connectivity index (χ3n) is 11.9. The van der Waals surface area contributed by atoms with Crippen molar-refractivity contribution < 1.29 is 19.4 Å². The molecule has 7 heteroatoms. The maximum Gasteiger partial charge on any atom is 0.237 e. The Morgan fingerprint density at radius 2 is 2.14 bits per heavy atom. The molecule has 0 unspecified atom stereocenters. The van der Waals surface area contributed by atoms with Gasteiger partial charge in [-0.1, -0.05) is 26.3 Å². The lowest BCUT2D eigenvalue weighted by Crippen LogP contribution is -2.81. The average molecular weight is 510 g/mol. The molecule has 2 spiro atoms. The Morgan fingerprint density at radius 3 is 2.86 bits per heavy atom. The van der Waals surface area contributed by atoms with Crippen molar-refractivity contribution in [2.75, 3.05) is 26.7 Å². The first kappa shape index (κ1) is 24.2. The Hall–Kier alpha value is -1.83. The third-order valence-corrected chi connectivity index (χ3v) is 11.9. The molecule has 202 valence electrons. The molecule has 4 saturated carbocycles. The molecule has 37 heavy (non-hydrogen) atoms. The zero-order chi connectivity index (χ0) is 25.7. The maximum absolute atomic E-state index is 13.0. The number of hydrogen-bond donors (Lipinski definition) is 3. The van der Waals surface area contributed by atoms with E-state index < -0.39 is 11.6 Å². The summed E-state index contributed by atoms with van der Waals surface area (Å²) in [6, 6.07) is 3.95. The smallest absolute Gasteiger partial charge is 0.237 e. The molecule has 1 amide bonds. The van der Waals surface area contributed by atoms with Crippen LogP contribution in [0.4, 0.5) is 0 Å². The largest absolute Gasteiger partial charge is 0.504 e. The number of phenolic OH excluding ortho intramolecular Hbond substituents is 1. The lowest BCUT2D eigenvalue weighted by Gasteiger charge is -2.74. The van der Waals surface area contributed by atoms with Crippen LogP contribution in [-0.4, -0.2) is 66.4 Å². The number of rotatable bonds is 8. The van der Waals surface area contributed by atoms with E-state index in [1.54, 1.807) is 0 Å². The molecule has 4 bridgehead atoms. The molecule has 0 radical (unpaired) electrons. The molecule has 7 nitrogen and oxygen atoms in total. The maximum atomic E-state index is 13.0. The molecular weight excluding hydrogens is 466 g/mol. The summed E-state index contributed by atoms with van der Waals surface area (Å²) in [7, 11) is 1.82. The highest BCUT2D eigenvalue weighted by molar-refractivity contribution is 5.81. The van der Waals surface area contributed by atoms with E-state index in [-0.39, 0.29) is 40.4 Å². The van der Waals surface area contributed by atoms with Crippen molar-refractivity contribution in [3.8, 4) is 11.5 Å². The van der Waals surface area contributed by atoms with Crippen LogP contribution in [0.5, 0.6) is 11.5 Å². The van der Waals surface area contributed by atoms with Crippen LogP contribution >= 0.6 is 0 Å². The van der Waals surface area contributed by atoms with Crippen molar-refractivity contribution in [3.05, 3.63) is 23.3 Å². The Labute approximate surface area is 220 Å². The summed E-state index contributed by atoms with van der Waals surface area (Å²) in [6.07, 6.45) is 8.57. The van der Waals surface area contributed by atoms with E-state index >= 15 is 0 Å². The Morgan fingerprint density at radius 1 is 1.32 bits per heavy atom. The number of aromatic hydroxyl groups is 1. The van der Waals surface area contributed by atoms with Crippen LogP contribution in [0, 0.1) is 23.2 Å². The fourth-order valence-electron chi connectivity index (χ4n) is 9.64. The lowest BCUT2D eigenvalue weighted by atomic mass is 9.35. The van der Waals surface area contributed by atoms with Crippen molar-refractivity contribution in [2.45, 2.75) is 94.4 Å². The van der Waals surface area contributed by atoms with Gasteiger partial charge in [-0.3, -0.25) is 9.69 Å². The predicted octanol–water partition coefficient (Wildman–Crippen LogP) is 3.11. The highest BCUT2D eigenvalue weighted by Crippen LogP contribution is 2.76. The van der Waals surface area contributed by atoms with Crippen molar-refractivity contribution in [3.63, 3.8) is 0 Å². The normalized spacial score (nSPS) is 40.6. The number of methoxy groups -OCH3 is 1. The first-order valence-corrected chi connectivity index (χ1v) is 14.7. The van der Waals surface area contributed by atoms with Gasteiger partial charge >= 0.3 is 0 Å². The van der Waals surface area contributed by atoms with E-state index in [1.165, 1.54) is 30.5 Å². The lowest BCUT2D eigenvalue weighted by molar-refractivity contribution is -0.276. The van der Waals surface area contributed by atoms with E-state index in [0.29, 0.717) is 18.3 Å². The van der Waals surface area contributed by atoms with Gasteiger partial charge in [-0.15, -0.1) is 0 Å². The highest BCUT2D eigenvalue weighted by Gasteiger charge is 2.80. The van der Waals surface area contributed by atoms with E-state index in [1.807, 2.05) is 20.1 Å². The zero-order valence-corrected chi connectivity index (χ0v) is 22.6. The van der Waals surface area contributed by atoms with E-state index in [9.17, 15) is 9.90 Å². The number of fused-ring (bicyclic) bond motifs is 2. The van der Waals surface area contributed by atoms with Gasteiger partial charge in [0.2, 0.25) is 5.91 Å². The molecule has 0 aromatic heterocycles. The van der Waals surface area contributed by atoms with Gasteiger partial charge in [0.1, 0.15) is 11.7 Å². The first-order valence-electron chi connectivity index (χ1n) is 14.7. The van der Waals surface area contributed by atoms with E-state index in [4.69, 9.17) is 15.2 Å². The van der Waals surface area contributed by atoms with Crippen molar-refractivity contribution in [1.29, 1.82) is 0 Å². The number of piperidine rings is 1. The minimum atomic E-state index is -0.501. The summed E-state index contributed by atoms with van der Waals surface area (Å²) in [5.41, 5.74) is 8.35. The molecule has 8 atom stereocenters. The monoisotopic (exact) mass is 509 g/mol. The van der Waals surface area contributed by atoms with Crippen molar-refractivity contribution >= 4 is 5.91 Å². The van der Waals surface area contributed by atoms with Crippen LogP contribution < -0.4 is 15.8 Å². The molecule has 1 aromatic carbocycles. The highest BCUT2D eigenvalue weighted by atomic mass is 16.6. The molecule has 2 aliphatic heterocycles. The number of phenols is 1. The molecule has 7 aliphatic rings. The van der Waals surface area contributed by atoms with Crippen LogP contribution in [0.1, 0.15) is 69.9 Å². The Bertz CT molecular complexity index is 1120. The fourth-order valence-corrected chi connectivity index (χ4v) is 9.64. The Kier molecular flexibility index (Phi) is 5.30. The standard InChI is InChI=1S/C30H43N3O4/c1-4-17(2)24(31)26(35)32-15-20-14-28-9-10-30(20,36-3)27-29(28)11-12-33(16-18-5-6-18)22(28)13-19-7-8-21(34)25(37-27)23(19)29/h7-8,17-18,20,22,24,27,34H,4-6,9-16,31H2,1-3H3,(H,32,35)/t17-,20+,22+,24-,27+,28+,29-,30+/m0/s1.